The second-order valence-electron chi connectivity index (χ2n) is 7.38. The molecule has 0 heterocycles. The highest BCUT2D eigenvalue weighted by molar-refractivity contribution is 6.30. The Morgan fingerprint density at radius 1 is 1.33 bits per heavy atom. The highest BCUT2D eigenvalue weighted by Crippen LogP contribution is 2.66. The van der Waals surface area contributed by atoms with E-state index in [0.29, 0.717) is 23.5 Å². The summed E-state index contributed by atoms with van der Waals surface area (Å²) in [5.74, 6) is 1.74. The van der Waals surface area contributed by atoms with E-state index in [1.807, 2.05) is 25.1 Å². The van der Waals surface area contributed by atoms with Crippen molar-refractivity contribution in [2.24, 2.45) is 16.7 Å². The van der Waals surface area contributed by atoms with Crippen molar-refractivity contribution in [1.29, 1.82) is 0 Å². The summed E-state index contributed by atoms with van der Waals surface area (Å²) >= 11 is 6.18. The van der Waals surface area contributed by atoms with Crippen LogP contribution in [0.5, 0.6) is 5.75 Å². The fourth-order valence-corrected chi connectivity index (χ4v) is 4.68. The minimum absolute atomic E-state index is 0.351. The Morgan fingerprint density at radius 2 is 2.10 bits per heavy atom. The van der Waals surface area contributed by atoms with Crippen molar-refractivity contribution in [3.8, 4) is 5.75 Å². The van der Waals surface area contributed by atoms with Gasteiger partial charge < -0.3 is 10.1 Å². The smallest absolute Gasteiger partial charge is 0.142 e. The van der Waals surface area contributed by atoms with Crippen LogP contribution in [-0.4, -0.2) is 12.6 Å². The molecule has 3 heteroatoms. The molecule has 2 saturated carbocycles. The zero-order valence-corrected chi connectivity index (χ0v) is 14.3. The van der Waals surface area contributed by atoms with E-state index in [2.05, 4.69) is 26.1 Å². The number of hydrogen-bond acceptors (Lipinski definition) is 2. The van der Waals surface area contributed by atoms with Crippen LogP contribution in [0.4, 0.5) is 5.69 Å². The molecule has 3 atom stereocenters. The number of fused-ring (bicyclic) bond motifs is 2. The molecule has 1 N–H and O–H groups in total. The molecule has 2 bridgehead atoms. The Kier molecular flexibility index (Phi) is 3.64. The van der Waals surface area contributed by atoms with E-state index in [1.165, 1.54) is 19.3 Å². The molecular weight excluding hydrogens is 282 g/mol. The number of nitrogens with one attached hydrogen (secondary N) is 1. The predicted octanol–water partition coefficient (Wildman–Crippen LogP) is 5.37. The second-order valence-corrected chi connectivity index (χ2v) is 7.82. The maximum atomic E-state index is 6.18. The SMILES string of the molecule is CCOc1ccc(Cl)cc1NC1CC2CCC1(C)C2(C)C. The maximum Gasteiger partial charge on any atom is 0.142 e. The molecule has 0 aromatic heterocycles. The summed E-state index contributed by atoms with van der Waals surface area (Å²) in [4.78, 5) is 0. The van der Waals surface area contributed by atoms with Crippen molar-refractivity contribution < 1.29 is 4.74 Å². The molecule has 1 aromatic carbocycles. The van der Waals surface area contributed by atoms with Crippen LogP contribution in [0.1, 0.15) is 47.0 Å². The zero-order chi connectivity index (χ0) is 15.3. The van der Waals surface area contributed by atoms with Gasteiger partial charge in [-0.3, -0.25) is 0 Å². The molecule has 3 unspecified atom stereocenters. The molecule has 116 valence electrons. The lowest BCUT2D eigenvalue weighted by Crippen LogP contribution is -2.40. The number of rotatable bonds is 4. The number of halogens is 1. The lowest BCUT2D eigenvalue weighted by Gasteiger charge is -2.40. The summed E-state index contributed by atoms with van der Waals surface area (Å²) in [7, 11) is 0. The normalized spacial score (nSPS) is 33.2. The Bertz CT molecular complexity index is 542. The number of ether oxygens (including phenoxy) is 1. The standard InChI is InChI=1S/C18H26ClNO/c1-5-21-15-7-6-13(19)11-14(15)20-16-10-12-8-9-18(16,4)17(12,2)3/h6-7,11-12,16,20H,5,8-10H2,1-4H3. The van der Waals surface area contributed by atoms with Crippen molar-refractivity contribution in [3.63, 3.8) is 0 Å². The van der Waals surface area contributed by atoms with E-state index in [-0.39, 0.29) is 0 Å². The van der Waals surface area contributed by atoms with Crippen molar-refractivity contribution in [1.82, 2.24) is 0 Å². The third-order valence-corrected chi connectivity index (χ3v) is 6.60. The first-order valence-electron chi connectivity index (χ1n) is 8.07. The number of anilines is 1. The largest absolute Gasteiger partial charge is 0.492 e. The van der Waals surface area contributed by atoms with Crippen molar-refractivity contribution in [2.75, 3.05) is 11.9 Å². The summed E-state index contributed by atoms with van der Waals surface area (Å²) < 4.78 is 5.75. The summed E-state index contributed by atoms with van der Waals surface area (Å²) in [5.41, 5.74) is 1.80. The minimum Gasteiger partial charge on any atom is -0.492 e. The van der Waals surface area contributed by atoms with E-state index < -0.39 is 0 Å². The fraction of sp³-hybridized carbons (Fsp3) is 0.667. The Hall–Kier alpha value is -0.890. The summed E-state index contributed by atoms with van der Waals surface area (Å²) in [6, 6.07) is 6.36. The van der Waals surface area contributed by atoms with Gasteiger partial charge >= 0.3 is 0 Å². The summed E-state index contributed by atoms with van der Waals surface area (Å²) in [5, 5.41) is 4.51. The predicted molar refractivity (Wildman–Crippen MR) is 89.3 cm³/mol. The van der Waals surface area contributed by atoms with Gasteiger partial charge in [-0.15, -0.1) is 0 Å². The van der Waals surface area contributed by atoms with E-state index in [0.717, 1.165) is 22.4 Å². The van der Waals surface area contributed by atoms with Crippen LogP contribution < -0.4 is 10.1 Å². The third kappa shape index (κ3) is 2.23. The van der Waals surface area contributed by atoms with Crippen LogP contribution >= 0.6 is 11.6 Å². The Morgan fingerprint density at radius 3 is 2.67 bits per heavy atom. The zero-order valence-electron chi connectivity index (χ0n) is 13.5. The van der Waals surface area contributed by atoms with Gasteiger partial charge in [0.1, 0.15) is 5.75 Å². The van der Waals surface area contributed by atoms with Gasteiger partial charge in [0.15, 0.2) is 0 Å². The van der Waals surface area contributed by atoms with Crippen molar-refractivity contribution in [3.05, 3.63) is 23.2 Å². The molecule has 2 aliphatic rings. The molecule has 2 nitrogen and oxygen atoms in total. The Balaban J connectivity index is 1.87. The molecule has 2 fully saturated rings. The summed E-state index contributed by atoms with van der Waals surface area (Å²) in [6.07, 6.45) is 3.93. The van der Waals surface area contributed by atoms with Crippen LogP contribution in [0.15, 0.2) is 18.2 Å². The van der Waals surface area contributed by atoms with Gasteiger partial charge in [-0.1, -0.05) is 32.4 Å². The Labute approximate surface area is 133 Å². The molecule has 2 aliphatic carbocycles. The fourth-order valence-electron chi connectivity index (χ4n) is 4.51. The van der Waals surface area contributed by atoms with Gasteiger partial charge in [0.05, 0.1) is 12.3 Å². The highest BCUT2D eigenvalue weighted by atomic mass is 35.5. The molecule has 3 rings (SSSR count). The molecule has 0 spiro atoms. The van der Waals surface area contributed by atoms with E-state index >= 15 is 0 Å². The van der Waals surface area contributed by atoms with Crippen LogP contribution in [0.3, 0.4) is 0 Å². The maximum absolute atomic E-state index is 6.18. The lowest BCUT2D eigenvalue weighted by atomic mass is 9.69. The molecule has 0 amide bonds. The van der Waals surface area contributed by atoms with E-state index in [1.54, 1.807) is 0 Å². The highest BCUT2D eigenvalue weighted by Gasteiger charge is 2.61. The van der Waals surface area contributed by atoms with Gasteiger partial charge in [0.2, 0.25) is 0 Å². The topological polar surface area (TPSA) is 21.3 Å². The van der Waals surface area contributed by atoms with Gasteiger partial charge in [-0.25, -0.2) is 0 Å². The van der Waals surface area contributed by atoms with Crippen LogP contribution in [0, 0.1) is 16.7 Å². The first-order valence-corrected chi connectivity index (χ1v) is 8.45. The van der Waals surface area contributed by atoms with Crippen LogP contribution in [-0.2, 0) is 0 Å². The number of benzene rings is 1. The van der Waals surface area contributed by atoms with Crippen molar-refractivity contribution >= 4 is 17.3 Å². The minimum atomic E-state index is 0.351. The van der Waals surface area contributed by atoms with Gasteiger partial charge in [0.25, 0.3) is 0 Å². The molecule has 0 aliphatic heterocycles. The van der Waals surface area contributed by atoms with Crippen LogP contribution in [0.25, 0.3) is 0 Å². The molecule has 21 heavy (non-hydrogen) atoms. The summed E-state index contributed by atoms with van der Waals surface area (Å²) in [6.45, 7) is 10.0. The third-order valence-electron chi connectivity index (χ3n) is 6.37. The van der Waals surface area contributed by atoms with E-state index in [4.69, 9.17) is 16.3 Å². The van der Waals surface area contributed by atoms with Gasteiger partial charge in [-0.2, -0.15) is 0 Å². The molecule has 1 aromatic rings. The second kappa shape index (κ2) is 5.08. The lowest BCUT2D eigenvalue weighted by molar-refractivity contribution is 0.142. The molecule has 0 radical (unpaired) electrons. The monoisotopic (exact) mass is 307 g/mol. The van der Waals surface area contributed by atoms with Crippen molar-refractivity contribution in [2.45, 2.75) is 53.0 Å². The number of hydrogen-bond donors (Lipinski definition) is 1. The van der Waals surface area contributed by atoms with E-state index in [9.17, 15) is 0 Å². The van der Waals surface area contributed by atoms with Gasteiger partial charge in [0, 0.05) is 11.1 Å². The first kappa shape index (κ1) is 15.0. The molecular formula is C18H26ClNO. The quantitative estimate of drug-likeness (QED) is 0.808. The molecule has 0 saturated heterocycles. The van der Waals surface area contributed by atoms with Crippen LogP contribution in [0.2, 0.25) is 5.02 Å². The van der Waals surface area contributed by atoms with Gasteiger partial charge in [-0.05, 0) is 61.1 Å². The average molecular weight is 308 g/mol. The first-order chi connectivity index (χ1) is 9.88. The average Bonchev–Trinajstić information content (AvgIpc) is 2.75.